The minimum Gasteiger partial charge on any atom is -0.439 e. The van der Waals surface area contributed by atoms with Crippen LogP contribution in [0.25, 0.3) is 11.3 Å². The largest absolute Gasteiger partial charge is 0.439 e. The van der Waals surface area contributed by atoms with Gasteiger partial charge in [-0.1, -0.05) is 48.0 Å². The minimum atomic E-state index is -0.626. The Morgan fingerprint density at radius 1 is 1.14 bits per heavy atom. The lowest BCUT2D eigenvalue weighted by Crippen LogP contribution is -2.40. The van der Waals surface area contributed by atoms with Crippen LogP contribution in [0.5, 0.6) is 11.6 Å². The van der Waals surface area contributed by atoms with E-state index in [1.54, 1.807) is 4.68 Å². The van der Waals surface area contributed by atoms with Gasteiger partial charge < -0.3 is 19.3 Å². The molecular formula is C30H41N3O4. The van der Waals surface area contributed by atoms with Crippen LogP contribution in [0.3, 0.4) is 0 Å². The fourth-order valence-electron chi connectivity index (χ4n) is 4.57. The van der Waals surface area contributed by atoms with E-state index in [1.165, 1.54) is 5.56 Å². The van der Waals surface area contributed by atoms with Crippen LogP contribution in [-0.2, 0) is 23.1 Å². The first-order valence-electron chi connectivity index (χ1n) is 13.2. The van der Waals surface area contributed by atoms with Crippen LogP contribution in [0, 0.1) is 6.92 Å². The Balaban J connectivity index is 1.64. The summed E-state index contributed by atoms with van der Waals surface area (Å²) in [6.07, 6.45) is 1.61. The van der Waals surface area contributed by atoms with E-state index in [1.807, 2.05) is 70.3 Å². The summed E-state index contributed by atoms with van der Waals surface area (Å²) < 4.78 is 20.1. The number of hydrogen-bond acceptors (Lipinski definition) is 6. The first kappa shape index (κ1) is 27.3. The number of benzene rings is 2. The summed E-state index contributed by atoms with van der Waals surface area (Å²) in [6.45, 7) is 10.9. The zero-order valence-corrected chi connectivity index (χ0v) is 22.8. The maximum absolute atomic E-state index is 10.9. The predicted molar refractivity (Wildman–Crippen MR) is 146 cm³/mol. The molecule has 4 rings (SSSR count). The van der Waals surface area contributed by atoms with Gasteiger partial charge in [0.15, 0.2) is 0 Å². The van der Waals surface area contributed by atoms with Crippen molar-refractivity contribution in [3.8, 4) is 22.9 Å². The van der Waals surface area contributed by atoms with Gasteiger partial charge in [-0.15, -0.1) is 0 Å². The third-order valence-corrected chi connectivity index (χ3v) is 6.42. The molecule has 0 radical (unpaired) electrons. The van der Waals surface area contributed by atoms with Crippen LogP contribution in [0.1, 0.15) is 44.7 Å². The Hall–Kier alpha value is -2.71. The molecule has 1 aromatic heterocycles. The Morgan fingerprint density at radius 3 is 2.51 bits per heavy atom. The fourth-order valence-corrected chi connectivity index (χ4v) is 4.57. The smallest absolute Gasteiger partial charge is 0.222 e. The van der Waals surface area contributed by atoms with Crippen LogP contribution < -0.4 is 4.74 Å². The molecular weight excluding hydrogens is 466 g/mol. The molecule has 37 heavy (non-hydrogen) atoms. The van der Waals surface area contributed by atoms with E-state index < -0.39 is 6.10 Å². The minimum absolute atomic E-state index is 0.147. The normalized spacial score (nSPS) is 16.9. The lowest BCUT2D eigenvalue weighted by Gasteiger charge is -2.29. The van der Waals surface area contributed by atoms with Gasteiger partial charge in [-0.2, -0.15) is 5.10 Å². The Morgan fingerprint density at radius 2 is 1.86 bits per heavy atom. The molecule has 0 bridgehead atoms. The van der Waals surface area contributed by atoms with Crippen LogP contribution in [0.15, 0.2) is 54.6 Å². The van der Waals surface area contributed by atoms with Crippen molar-refractivity contribution < 1.29 is 19.3 Å². The first-order chi connectivity index (χ1) is 17.7. The number of aryl methyl sites for hydroxylation is 2. The Labute approximate surface area is 221 Å². The molecule has 0 saturated carbocycles. The number of hydrogen-bond donors (Lipinski definition) is 1. The molecule has 1 N–H and O–H groups in total. The maximum atomic E-state index is 10.9. The Bertz CT molecular complexity index is 1120. The van der Waals surface area contributed by atoms with E-state index in [2.05, 4.69) is 24.0 Å². The molecule has 0 unspecified atom stereocenters. The third kappa shape index (κ3) is 7.89. The van der Waals surface area contributed by atoms with E-state index in [-0.39, 0.29) is 18.3 Å². The number of rotatable bonds is 11. The molecule has 7 heteroatoms. The SMILES string of the molecule is Cc1ccc(Oc2c(CN(C[C@@H](O)COC(C)(C)C)C[C@@H]3CCCO3)c(-c3ccccc3)nn2C)cc1. The highest BCUT2D eigenvalue weighted by atomic mass is 16.5. The summed E-state index contributed by atoms with van der Waals surface area (Å²) in [5, 5.41) is 15.8. The number of aromatic nitrogens is 2. The van der Waals surface area contributed by atoms with E-state index in [0.29, 0.717) is 19.0 Å². The van der Waals surface area contributed by atoms with Crippen LogP contribution in [0.4, 0.5) is 0 Å². The second-order valence-corrected chi connectivity index (χ2v) is 10.9. The van der Waals surface area contributed by atoms with Gasteiger partial charge in [-0.25, -0.2) is 4.68 Å². The van der Waals surface area contributed by atoms with Crippen molar-refractivity contribution in [1.82, 2.24) is 14.7 Å². The van der Waals surface area contributed by atoms with Gasteiger partial charge in [0, 0.05) is 38.9 Å². The predicted octanol–water partition coefficient (Wildman–Crippen LogP) is 5.34. The van der Waals surface area contributed by atoms with Crippen molar-refractivity contribution in [2.24, 2.45) is 7.05 Å². The lowest BCUT2D eigenvalue weighted by molar-refractivity contribution is -0.0594. The molecule has 2 heterocycles. The average Bonchev–Trinajstić information content (AvgIpc) is 3.48. The second kappa shape index (κ2) is 12.2. The van der Waals surface area contributed by atoms with Gasteiger partial charge in [0.1, 0.15) is 11.4 Å². The Kier molecular flexibility index (Phi) is 9.03. The quantitative estimate of drug-likeness (QED) is 0.378. The monoisotopic (exact) mass is 507 g/mol. The highest BCUT2D eigenvalue weighted by molar-refractivity contribution is 5.65. The van der Waals surface area contributed by atoms with Crippen molar-refractivity contribution in [2.45, 2.75) is 64.9 Å². The summed E-state index contributed by atoms with van der Waals surface area (Å²) in [4.78, 5) is 2.25. The van der Waals surface area contributed by atoms with Gasteiger partial charge in [-0.3, -0.25) is 4.90 Å². The van der Waals surface area contributed by atoms with Crippen molar-refractivity contribution in [3.05, 3.63) is 65.7 Å². The van der Waals surface area contributed by atoms with Crippen molar-refractivity contribution in [3.63, 3.8) is 0 Å². The molecule has 3 aromatic rings. The van der Waals surface area contributed by atoms with Crippen LogP contribution >= 0.6 is 0 Å². The fraction of sp³-hybridized carbons (Fsp3) is 0.500. The number of aliphatic hydroxyl groups is 1. The summed E-state index contributed by atoms with van der Waals surface area (Å²) in [6, 6.07) is 18.2. The molecule has 7 nitrogen and oxygen atoms in total. The molecule has 1 fully saturated rings. The number of ether oxygens (including phenoxy) is 3. The van der Waals surface area contributed by atoms with Gasteiger partial charge in [-0.05, 0) is 52.7 Å². The van der Waals surface area contributed by atoms with Crippen molar-refractivity contribution in [1.29, 1.82) is 0 Å². The summed E-state index contributed by atoms with van der Waals surface area (Å²) in [5.41, 5.74) is 3.76. The first-order valence-corrected chi connectivity index (χ1v) is 13.2. The number of aliphatic hydroxyl groups excluding tert-OH is 1. The second-order valence-electron chi connectivity index (χ2n) is 10.9. The molecule has 0 amide bonds. The molecule has 0 aliphatic carbocycles. The molecule has 1 aliphatic rings. The maximum Gasteiger partial charge on any atom is 0.222 e. The molecule has 200 valence electrons. The molecule has 2 aromatic carbocycles. The van der Waals surface area contributed by atoms with Crippen molar-refractivity contribution in [2.75, 3.05) is 26.3 Å². The topological polar surface area (TPSA) is 69.0 Å². The summed E-state index contributed by atoms with van der Waals surface area (Å²) >= 11 is 0. The summed E-state index contributed by atoms with van der Waals surface area (Å²) in [7, 11) is 1.91. The standard InChI is InChI=1S/C30H41N3O4/c1-22-13-15-25(16-14-22)37-29-27(28(31-32(29)5)23-10-7-6-8-11-23)20-33(19-26-12-9-17-35-26)18-24(34)21-36-30(2,3)4/h6-8,10-11,13-16,24,26,34H,9,12,17-21H2,1-5H3/t24-,26+/m1/s1. The van der Waals surface area contributed by atoms with Gasteiger partial charge in [0.05, 0.1) is 30.0 Å². The van der Waals surface area contributed by atoms with Gasteiger partial charge in [0.25, 0.3) is 0 Å². The van der Waals surface area contributed by atoms with Crippen LogP contribution in [0.2, 0.25) is 0 Å². The number of nitrogens with zero attached hydrogens (tertiary/aromatic N) is 3. The highest BCUT2D eigenvalue weighted by Gasteiger charge is 2.27. The van der Waals surface area contributed by atoms with E-state index in [0.717, 1.165) is 48.6 Å². The van der Waals surface area contributed by atoms with E-state index in [9.17, 15) is 5.11 Å². The van der Waals surface area contributed by atoms with Crippen LogP contribution in [-0.4, -0.2) is 63.9 Å². The lowest BCUT2D eigenvalue weighted by atomic mass is 10.1. The van der Waals surface area contributed by atoms with Gasteiger partial charge >= 0.3 is 0 Å². The zero-order chi connectivity index (χ0) is 26.4. The third-order valence-electron chi connectivity index (χ3n) is 6.42. The highest BCUT2D eigenvalue weighted by Crippen LogP contribution is 2.34. The average molecular weight is 508 g/mol. The van der Waals surface area contributed by atoms with Gasteiger partial charge in [0.2, 0.25) is 5.88 Å². The molecule has 2 atom stereocenters. The summed E-state index contributed by atoms with van der Waals surface area (Å²) in [5.74, 6) is 1.46. The molecule has 1 aliphatic heterocycles. The van der Waals surface area contributed by atoms with E-state index in [4.69, 9.17) is 19.3 Å². The van der Waals surface area contributed by atoms with Crippen molar-refractivity contribution >= 4 is 0 Å². The molecule has 1 saturated heterocycles. The zero-order valence-electron chi connectivity index (χ0n) is 22.8. The van der Waals surface area contributed by atoms with E-state index >= 15 is 0 Å². The molecule has 0 spiro atoms.